The molecule has 3 aliphatic heterocycles. The van der Waals surface area contributed by atoms with E-state index < -0.39 is 12.1 Å². The molecule has 1 aliphatic carbocycles. The molecule has 0 aromatic heterocycles. The standard InChI is InChI=1S/C25H28I3N3O4/c26-28(27)30-10-8-29(9-11-30)19-2-3-20-18-5-7-31(22(14-18)21(20)15-19)25(32)33-12-6-17-1-4-23-24(13-17)35-16-34-23/h1-4,13,15,18,22H,5-12,14,16H2. The van der Waals surface area contributed by atoms with Crippen molar-refractivity contribution in [1.29, 1.82) is 0 Å². The van der Waals surface area contributed by atoms with Gasteiger partial charge >= 0.3 is 177 Å². The Morgan fingerprint density at radius 1 is 1.00 bits per heavy atom. The third-order valence-corrected chi connectivity index (χ3v) is 16.4. The van der Waals surface area contributed by atoms with Crippen molar-refractivity contribution in [2.45, 2.75) is 31.2 Å². The fraction of sp³-hybridized carbons (Fsp3) is 0.480. The molecule has 0 radical (unpaired) electrons. The number of hydrogen-bond donors (Lipinski definition) is 0. The van der Waals surface area contributed by atoms with Gasteiger partial charge in [0.1, 0.15) is 0 Å². The van der Waals surface area contributed by atoms with Crippen molar-refractivity contribution in [1.82, 2.24) is 8.01 Å². The van der Waals surface area contributed by atoms with Gasteiger partial charge in [-0.1, -0.05) is 6.07 Å². The van der Waals surface area contributed by atoms with Crippen LogP contribution in [0.15, 0.2) is 36.4 Å². The van der Waals surface area contributed by atoms with Crippen LogP contribution in [0, 0.1) is 0 Å². The number of carbonyl (C=O) groups is 1. The Hall–Kier alpha value is -0.740. The van der Waals surface area contributed by atoms with Gasteiger partial charge in [0.15, 0.2) is 11.5 Å². The van der Waals surface area contributed by atoms with E-state index in [-0.39, 0.29) is 18.9 Å². The molecule has 2 fully saturated rings. The average molecular weight is 815 g/mol. The second-order valence-electron chi connectivity index (χ2n) is 9.37. The van der Waals surface area contributed by atoms with Crippen molar-refractivity contribution in [3.8, 4) is 11.5 Å². The van der Waals surface area contributed by atoms with Crippen LogP contribution in [0.4, 0.5) is 10.5 Å². The Morgan fingerprint density at radius 2 is 1.83 bits per heavy atom. The quantitative estimate of drug-likeness (QED) is 0.262. The Balaban J connectivity index is 1.10. The minimum atomic E-state index is -0.948. The van der Waals surface area contributed by atoms with Gasteiger partial charge in [0.25, 0.3) is 0 Å². The van der Waals surface area contributed by atoms with Gasteiger partial charge in [-0.25, -0.2) is 0 Å². The number of hydrogen-bond acceptors (Lipinski definition) is 6. The monoisotopic (exact) mass is 815 g/mol. The van der Waals surface area contributed by atoms with Crippen LogP contribution in [0.2, 0.25) is 0 Å². The Labute approximate surface area is 232 Å². The number of amides is 1. The SMILES string of the molecule is O=C(OCCc1ccc2c(c1)OCO2)N1CCC2CC1c1cc(N3CCN(I(I)I)CC3)ccc12. The van der Waals surface area contributed by atoms with E-state index >= 15 is 0 Å². The second-order valence-corrected chi connectivity index (χ2v) is 32.6. The fourth-order valence-electron chi connectivity index (χ4n) is 5.68. The van der Waals surface area contributed by atoms with E-state index in [1.807, 2.05) is 23.1 Å². The number of piperidine rings is 1. The van der Waals surface area contributed by atoms with Crippen molar-refractivity contribution in [2.75, 3.05) is 51.0 Å². The molecule has 2 aromatic rings. The molecular weight excluding hydrogens is 787 g/mol. The molecule has 2 aromatic carbocycles. The summed E-state index contributed by atoms with van der Waals surface area (Å²) in [5, 5.41) is 0. The molecule has 2 atom stereocenters. The summed E-state index contributed by atoms with van der Waals surface area (Å²) in [5.41, 5.74) is 5.14. The first kappa shape index (κ1) is 24.6. The molecule has 2 unspecified atom stereocenters. The molecule has 2 saturated heterocycles. The number of anilines is 1. The van der Waals surface area contributed by atoms with Crippen LogP contribution in [-0.4, -0.2) is 60.2 Å². The molecule has 0 N–H and O–H groups in total. The van der Waals surface area contributed by atoms with Gasteiger partial charge in [-0.3, -0.25) is 0 Å². The normalized spacial score (nSPS) is 23.3. The van der Waals surface area contributed by atoms with Crippen LogP contribution in [0.1, 0.15) is 41.5 Å². The molecule has 0 saturated carbocycles. The molecular formula is C25H28I3N3O4. The first-order chi connectivity index (χ1) is 17.1. The fourth-order valence-corrected chi connectivity index (χ4v) is 11.7. The number of rotatable bonds is 5. The van der Waals surface area contributed by atoms with Crippen LogP contribution in [0.5, 0.6) is 11.5 Å². The first-order valence-corrected chi connectivity index (χ1v) is 25.6. The summed E-state index contributed by atoms with van der Waals surface area (Å²) >= 11 is 4.34. The molecule has 10 heteroatoms. The van der Waals surface area contributed by atoms with Gasteiger partial charge < -0.3 is 9.47 Å². The first-order valence-electron chi connectivity index (χ1n) is 12.1. The van der Waals surface area contributed by atoms with Crippen molar-refractivity contribution in [2.24, 2.45) is 0 Å². The van der Waals surface area contributed by atoms with Crippen molar-refractivity contribution in [3.63, 3.8) is 0 Å². The number of benzene rings is 2. The zero-order valence-electron chi connectivity index (χ0n) is 19.3. The van der Waals surface area contributed by atoms with Crippen LogP contribution >= 0.6 is 49.4 Å². The number of fused-ring (bicyclic) bond motifs is 6. The number of nitrogens with zero attached hydrogens (tertiary/aromatic N) is 3. The number of piperazine rings is 1. The zero-order valence-corrected chi connectivity index (χ0v) is 25.8. The van der Waals surface area contributed by atoms with Crippen LogP contribution < -0.4 is 14.4 Å². The Kier molecular flexibility index (Phi) is 7.42. The summed E-state index contributed by atoms with van der Waals surface area (Å²) in [4.78, 5) is 17.6. The van der Waals surface area contributed by atoms with E-state index in [4.69, 9.17) is 14.2 Å². The molecule has 3 heterocycles. The third-order valence-electron chi connectivity index (χ3n) is 7.53. The summed E-state index contributed by atoms with van der Waals surface area (Å²) in [5.74, 6) is 2.10. The Bertz CT molecular complexity index is 1110. The van der Waals surface area contributed by atoms with Crippen LogP contribution in [0.3, 0.4) is 0 Å². The van der Waals surface area contributed by atoms with Gasteiger partial charge in [0, 0.05) is 6.42 Å². The van der Waals surface area contributed by atoms with Gasteiger partial charge in [0.05, 0.1) is 0 Å². The van der Waals surface area contributed by atoms with E-state index in [1.165, 1.54) is 16.8 Å². The molecule has 1 amide bonds. The average Bonchev–Trinajstić information content (AvgIpc) is 3.46. The summed E-state index contributed by atoms with van der Waals surface area (Å²) in [7, 11) is 0. The summed E-state index contributed by atoms with van der Waals surface area (Å²) in [6, 6.07) is 13.0. The number of ether oxygens (including phenoxy) is 3. The van der Waals surface area contributed by atoms with Crippen LogP contribution in [0.25, 0.3) is 0 Å². The van der Waals surface area contributed by atoms with Crippen molar-refractivity contribution >= 4 is 61.2 Å². The summed E-state index contributed by atoms with van der Waals surface area (Å²) < 4.78 is 19.3. The number of halogens is 3. The van der Waals surface area contributed by atoms with Gasteiger partial charge in [-0.2, -0.15) is 0 Å². The zero-order chi connectivity index (χ0) is 23.9. The number of likely N-dealkylation sites (tertiary alicyclic amines) is 1. The molecule has 6 rings (SSSR count). The van der Waals surface area contributed by atoms with E-state index in [9.17, 15) is 4.79 Å². The Morgan fingerprint density at radius 3 is 2.66 bits per heavy atom. The van der Waals surface area contributed by atoms with Gasteiger partial charge in [0.2, 0.25) is 6.79 Å². The second kappa shape index (κ2) is 10.6. The van der Waals surface area contributed by atoms with E-state index in [2.05, 4.69) is 63.4 Å². The van der Waals surface area contributed by atoms with Crippen molar-refractivity contribution < 1.29 is 19.0 Å². The maximum atomic E-state index is 13.1. The number of carbonyl (C=O) groups excluding carboxylic acids is 1. The molecule has 7 nitrogen and oxygen atoms in total. The van der Waals surface area contributed by atoms with E-state index in [0.29, 0.717) is 18.9 Å². The predicted octanol–water partition coefficient (Wildman–Crippen LogP) is 6.27. The van der Waals surface area contributed by atoms with Crippen LogP contribution in [-0.2, 0) is 11.2 Å². The summed E-state index contributed by atoms with van der Waals surface area (Å²) in [6.45, 7) is 5.86. The van der Waals surface area contributed by atoms with E-state index in [0.717, 1.165) is 62.6 Å². The van der Waals surface area contributed by atoms with Gasteiger partial charge in [-0.15, -0.1) is 0 Å². The van der Waals surface area contributed by atoms with Crippen molar-refractivity contribution in [3.05, 3.63) is 53.1 Å². The summed E-state index contributed by atoms with van der Waals surface area (Å²) in [6.07, 6.45) is 2.49. The molecule has 188 valence electrons. The third kappa shape index (κ3) is 5.05. The topological polar surface area (TPSA) is 54.5 Å². The minimum absolute atomic E-state index is 0.129. The molecule has 0 spiro atoms. The van der Waals surface area contributed by atoms with Gasteiger partial charge in [-0.05, 0) is 17.7 Å². The maximum absolute atomic E-state index is 13.1. The van der Waals surface area contributed by atoms with E-state index in [1.54, 1.807) is 0 Å². The molecule has 4 aliphatic rings. The molecule has 35 heavy (non-hydrogen) atoms. The molecule has 2 bridgehead atoms. The predicted molar refractivity (Wildman–Crippen MR) is 161 cm³/mol.